The molecule has 1 amide bonds. The van der Waals surface area contributed by atoms with Crippen LogP contribution in [0.4, 0.5) is 5.69 Å². The molecule has 0 bridgehead atoms. The molecule has 3 nitrogen and oxygen atoms in total. The molecule has 0 aromatic heterocycles. The van der Waals surface area contributed by atoms with Crippen molar-refractivity contribution < 1.29 is 4.79 Å². The molecule has 0 aliphatic rings. The van der Waals surface area contributed by atoms with E-state index in [0.29, 0.717) is 0 Å². The second kappa shape index (κ2) is 4.82. The van der Waals surface area contributed by atoms with E-state index in [1.165, 1.54) is 0 Å². The molecule has 1 aromatic rings. The minimum Gasteiger partial charge on any atom is -0.378 e. The highest BCUT2D eigenvalue weighted by atomic mass is 16.1. The van der Waals surface area contributed by atoms with E-state index in [4.69, 9.17) is 5.73 Å². The summed E-state index contributed by atoms with van der Waals surface area (Å²) in [6.07, 6.45) is 0.747. The zero-order valence-corrected chi connectivity index (χ0v) is 9.53. The van der Waals surface area contributed by atoms with E-state index in [1.54, 1.807) is 0 Å². The lowest BCUT2D eigenvalue weighted by Crippen LogP contribution is -2.20. The molecule has 1 atom stereocenters. The average molecular weight is 206 g/mol. The number of amides is 1. The molecular formula is C12H18N2O. The van der Waals surface area contributed by atoms with Crippen molar-refractivity contribution in [3.8, 4) is 0 Å². The third-order valence-corrected chi connectivity index (χ3v) is 2.56. The van der Waals surface area contributed by atoms with Crippen molar-refractivity contribution in [1.82, 2.24) is 0 Å². The van der Waals surface area contributed by atoms with E-state index in [2.05, 4.69) is 0 Å². The first-order valence-electron chi connectivity index (χ1n) is 5.12. The first kappa shape index (κ1) is 11.6. The number of carbonyl (C=O) groups excluding carboxylic acids is 1. The average Bonchev–Trinajstić information content (AvgIpc) is 2.19. The molecule has 0 heterocycles. The molecule has 1 rings (SSSR count). The quantitative estimate of drug-likeness (QED) is 0.815. The van der Waals surface area contributed by atoms with Crippen molar-refractivity contribution in [3.63, 3.8) is 0 Å². The minimum atomic E-state index is -0.255. The predicted molar refractivity (Wildman–Crippen MR) is 63.0 cm³/mol. The molecule has 1 aromatic carbocycles. The third kappa shape index (κ3) is 2.72. The van der Waals surface area contributed by atoms with Crippen LogP contribution >= 0.6 is 0 Å². The Bertz CT molecular complexity index is 330. The lowest BCUT2D eigenvalue weighted by atomic mass is 9.96. The molecule has 0 radical (unpaired) electrons. The van der Waals surface area contributed by atoms with Gasteiger partial charge in [0.1, 0.15) is 0 Å². The summed E-state index contributed by atoms with van der Waals surface area (Å²) in [5.74, 6) is -0.420. The lowest BCUT2D eigenvalue weighted by Gasteiger charge is -2.15. The van der Waals surface area contributed by atoms with Gasteiger partial charge in [0.15, 0.2) is 0 Å². The van der Waals surface area contributed by atoms with Crippen molar-refractivity contribution in [2.75, 3.05) is 19.0 Å². The Labute approximate surface area is 90.9 Å². The van der Waals surface area contributed by atoms with Gasteiger partial charge in [0.05, 0.1) is 5.92 Å². The predicted octanol–water partition coefficient (Wildman–Crippen LogP) is 1.73. The number of primary amides is 1. The maximum Gasteiger partial charge on any atom is 0.224 e. The highest BCUT2D eigenvalue weighted by Gasteiger charge is 2.14. The zero-order valence-electron chi connectivity index (χ0n) is 9.53. The van der Waals surface area contributed by atoms with Crippen molar-refractivity contribution in [1.29, 1.82) is 0 Å². The van der Waals surface area contributed by atoms with Gasteiger partial charge >= 0.3 is 0 Å². The van der Waals surface area contributed by atoms with Gasteiger partial charge in [-0.3, -0.25) is 4.79 Å². The number of anilines is 1. The Hall–Kier alpha value is -1.51. The second-order valence-electron chi connectivity index (χ2n) is 3.85. The van der Waals surface area contributed by atoms with Gasteiger partial charge in [-0.1, -0.05) is 19.1 Å². The Morgan fingerprint density at radius 3 is 2.20 bits per heavy atom. The van der Waals surface area contributed by atoms with E-state index in [1.807, 2.05) is 50.2 Å². The van der Waals surface area contributed by atoms with E-state index in [-0.39, 0.29) is 11.8 Å². The molecule has 0 saturated heterocycles. The fraction of sp³-hybridized carbons (Fsp3) is 0.417. The molecule has 15 heavy (non-hydrogen) atoms. The third-order valence-electron chi connectivity index (χ3n) is 2.56. The second-order valence-corrected chi connectivity index (χ2v) is 3.85. The maximum absolute atomic E-state index is 11.2. The molecule has 82 valence electrons. The molecule has 0 saturated carbocycles. The van der Waals surface area contributed by atoms with Gasteiger partial charge in [-0.25, -0.2) is 0 Å². The van der Waals surface area contributed by atoms with Crippen molar-refractivity contribution in [3.05, 3.63) is 29.8 Å². The first-order valence-corrected chi connectivity index (χ1v) is 5.12. The normalized spacial score (nSPS) is 12.2. The van der Waals surface area contributed by atoms with Crippen LogP contribution in [0.1, 0.15) is 24.8 Å². The summed E-state index contributed by atoms with van der Waals surface area (Å²) in [6, 6.07) is 7.93. The fourth-order valence-electron chi connectivity index (χ4n) is 1.61. The highest BCUT2D eigenvalue weighted by Crippen LogP contribution is 2.21. The van der Waals surface area contributed by atoms with Gasteiger partial charge in [-0.2, -0.15) is 0 Å². The van der Waals surface area contributed by atoms with E-state index >= 15 is 0 Å². The van der Waals surface area contributed by atoms with Gasteiger partial charge in [0.25, 0.3) is 0 Å². The van der Waals surface area contributed by atoms with E-state index in [0.717, 1.165) is 17.7 Å². The number of hydrogen-bond donors (Lipinski definition) is 1. The highest BCUT2D eigenvalue weighted by molar-refractivity contribution is 5.81. The van der Waals surface area contributed by atoms with Gasteiger partial charge in [0, 0.05) is 19.8 Å². The van der Waals surface area contributed by atoms with Crippen LogP contribution in [0.5, 0.6) is 0 Å². The standard InChI is InChI=1S/C12H18N2O/c1-4-11(12(13)15)9-5-7-10(8-6-9)14(2)3/h5-8,11H,4H2,1-3H3,(H2,13,15). The smallest absolute Gasteiger partial charge is 0.224 e. The summed E-state index contributed by atoms with van der Waals surface area (Å²) >= 11 is 0. The van der Waals surface area contributed by atoms with Gasteiger partial charge in [-0.15, -0.1) is 0 Å². The summed E-state index contributed by atoms with van der Waals surface area (Å²) in [7, 11) is 3.97. The van der Waals surface area contributed by atoms with Crippen molar-refractivity contribution in [2.45, 2.75) is 19.3 Å². The number of rotatable bonds is 4. The summed E-state index contributed by atoms with van der Waals surface area (Å²) < 4.78 is 0. The van der Waals surface area contributed by atoms with Crippen molar-refractivity contribution in [2.24, 2.45) is 5.73 Å². The minimum absolute atomic E-state index is 0.166. The topological polar surface area (TPSA) is 46.3 Å². The van der Waals surface area contributed by atoms with Crippen LogP contribution in [0.2, 0.25) is 0 Å². The SMILES string of the molecule is CCC(C(N)=O)c1ccc(N(C)C)cc1. The van der Waals surface area contributed by atoms with Crippen LogP contribution in [-0.2, 0) is 4.79 Å². The van der Waals surface area contributed by atoms with Gasteiger partial charge < -0.3 is 10.6 Å². The fourth-order valence-corrected chi connectivity index (χ4v) is 1.61. The molecule has 2 N–H and O–H groups in total. The number of nitrogens with two attached hydrogens (primary N) is 1. The Kier molecular flexibility index (Phi) is 3.72. The molecule has 1 unspecified atom stereocenters. The van der Waals surface area contributed by atoms with Crippen LogP contribution in [0.25, 0.3) is 0 Å². The number of hydrogen-bond acceptors (Lipinski definition) is 2. The largest absolute Gasteiger partial charge is 0.378 e. The molecule has 0 aliphatic heterocycles. The summed E-state index contributed by atoms with van der Waals surface area (Å²) in [6.45, 7) is 1.97. The van der Waals surface area contributed by atoms with Crippen LogP contribution in [0.3, 0.4) is 0 Å². The van der Waals surface area contributed by atoms with E-state index in [9.17, 15) is 4.79 Å². The maximum atomic E-state index is 11.2. The first-order chi connectivity index (χ1) is 7.06. The van der Waals surface area contributed by atoms with Gasteiger partial charge in [0.2, 0.25) is 5.91 Å². The van der Waals surface area contributed by atoms with Gasteiger partial charge in [-0.05, 0) is 24.1 Å². The summed E-state index contributed by atoms with van der Waals surface area (Å²) in [5, 5.41) is 0. The summed E-state index contributed by atoms with van der Waals surface area (Å²) in [4.78, 5) is 13.2. The Morgan fingerprint density at radius 2 is 1.87 bits per heavy atom. The molecule has 3 heteroatoms. The number of nitrogens with zero attached hydrogens (tertiary/aromatic N) is 1. The monoisotopic (exact) mass is 206 g/mol. The van der Waals surface area contributed by atoms with Crippen molar-refractivity contribution >= 4 is 11.6 Å². The summed E-state index contributed by atoms with van der Waals surface area (Å²) in [5.41, 5.74) is 7.45. The van der Waals surface area contributed by atoms with E-state index < -0.39 is 0 Å². The Balaban J connectivity index is 2.92. The lowest BCUT2D eigenvalue weighted by molar-refractivity contribution is -0.119. The molecular weight excluding hydrogens is 188 g/mol. The number of carbonyl (C=O) groups is 1. The van der Waals surface area contributed by atoms with Crippen LogP contribution in [-0.4, -0.2) is 20.0 Å². The molecule has 0 spiro atoms. The zero-order chi connectivity index (χ0) is 11.4. The van der Waals surface area contributed by atoms with Crippen LogP contribution in [0.15, 0.2) is 24.3 Å². The molecule has 0 fully saturated rings. The van der Waals surface area contributed by atoms with Crippen LogP contribution in [0, 0.1) is 0 Å². The molecule has 0 aliphatic carbocycles. The number of benzene rings is 1. The Morgan fingerprint density at radius 1 is 1.33 bits per heavy atom. The van der Waals surface area contributed by atoms with Crippen LogP contribution < -0.4 is 10.6 Å².